The van der Waals surface area contributed by atoms with E-state index in [4.69, 9.17) is 9.47 Å². The second-order valence-electron chi connectivity index (χ2n) is 6.59. The van der Waals surface area contributed by atoms with E-state index in [0.29, 0.717) is 46.2 Å². The SMILES string of the molecule is O=C(NC1(c2ccc3c(c2)OCCO3)CCCC1)c1sccc1SC(F)F. The van der Waals surface area contributed by atoms with Gasteiger partial charge in [0.1, 0.15) is 18.1 Å². The molecule has 0 unspecified atom stereocenters. The molecular formula is C19H19F2NO3S2. The summed E-state index contributed by atoms with van der Waals surface area (Å²) < 4.78 is 36.8. The second-order valence-corrected chi connectivity index (χ2v) is 8.54. The number of alkyl halides is 2. The fourth-order valence-electron chi connectivity index (χ4n) is 3.73. The molecule has 27 heavy (non-hydrogen) atoms. The molecule has 8 heteroatoms. The standard InChI is InChI=1S/C19H19F2NO3S2/c20-18(21)27-15-5-10-26-16(15)17(23)22-19(6-1-2-7-19)12-3-4-13-14(11-12)25-9-8-24-13/h3-5,10-11,18H,1-2,6-9H2,(H,22,23). The van der Waals surface area contributed by atoms with E-state index in [2.05, 4.69) is 5.32 Å². The number of carbonyl (C=O) groups excluding carboxylic acids is 1. The van der Waals surface area contributed by atoms with Gasteiger partial charge in [-0.05, 0) is 42.0 Å². The van der Waals surface area contributed by atoms with Gasteiger partial charge in [-0.3, -0.25) is 4.79 Å². The molecule has 0 saturated heterocycles. The second kappa shape index (κ2) is 7.67. The Hall–Kier alpha value is -1.80. The van der Waals surface area contributed by atoms with Gasteiger partial charge in [-0.2, -0.15) is 8.78 Å². The van der Waals surface area contributed by atoms with E-state index in [1.54, 1.807) is 11.4 Å². The van der Waals surface area contributed by atoms with E-state index in [-0.39, 0.29) is 5.91 Å². The number of benzene rings is 1. The average Bonchev–Trinajstić information content (AvgIpc) is 3.31. The lowest BCUT2D eigenvalue weighted by atomic mass is 9.87. The molecule has 1 aliphatic carbocycles. The molecule has 1 fully saturated rings. The van der Waals surface area contributed by atoms with E-state index >= 15 is 0 Å². The van der Waals surface area contributed by atoms with Crippen LogP contribution >= 0.6 is 23.1 Å². The zero-order valence-electron chi connectivity index (χ0n) is 14.5. The van der Waals surface area contributed by atoms with Crippen LogP contribution in [-0.2, 0) is 5.54 Å². The summed E-state index contributed by atoms with van der Waals surface area (Å²) in [7, 11) is 0. The van der Waals surface area contributed by atoms with Gasteiger partial charge in [0.05, 0.1) is 5.54 Å². The molecule has 2 aromatic rings. The Morgan fingerprint density at radius 3 is 2.63 bits per heavy atom. The summed E-state index contributed by atoms with van der Waals surface area (Å²) in [5.74, 6) is -1.46. The highest BCUT2D eigenvalue weighted by atomic mass is 32.2. The van der Waals surface area contributed by atoms with Crippen molar-refractivity contribution in [2.24, 2.45) is 0 Å². The zero-order chi connectivity index (χ0) is 18.9. The summed E-state index contributed by atoms with van der Waals surface area (Å²) in [6.45, 7) is 1.02. The highest BCUT2D eigenvalue weighted by Gasteiger charge is 2.38. The van der Waals surface area contributed by atoms with Crippen LogP contribution in [-0.4, -0.2) is 24.9 Å². The smallest absolute Gasteiger partial charge is 0.288 e. The monoisotopic (exact) mass is 411 g/mol. The maximum Gasteiger partial charge on any atom is 0.288 e. The van der Waals surface area contributed by atoms with Crippen molar-refractivity contribution in [1.82, 2.24) is 5.32 Å². The molecule has 144 valence electrons. The predicted octanol–water partition coefficient (Wildman–Crippen LogP) is 5.03. The van der Waals surface area contributed by atoms with Crippen LogP contribution in [0.25, 0.3) is 0 Å². The van der Waals surface area contributed by atoms with Crippen molar-refractivity contribution in [3.8, 4) is 11.5 Å². The number of carbonyl (C=O) groups is 1. The first-order valence-corrected chi connectivity index (χ1v) is 10.6. The Balaban J connectivity index is 1.61. The van der Waals surface area contributed by atoms with Gasteiger partial charge < -0.3 is 14.8 Å². The number of amides is 1. The number of ether oxygens (including phenoxy) is 2. The van der Waals surface area contributed by atoms with Crippen molar-refractivity contribution in [2.75, 3.05) is 13.2 Å². The molecule has 1 aromatic carbocycles. The van der Waals surface area contributed by atoms with Crippen molar-refractivity contribution in [3.05, 3.63) is 40.1 Å². The summed E-state index contributed by atoms with van der Waals surface area (Å²) >= 11 is 1.60. The van der Waals surface area contributed by atoms with E-state index in [1.807, 2.05) is 18.2 Å². The molecule has 4 nitrogen and oxygen atoms in total. The van der Waals surface area contributed by atoms with Gasteiger partial charge in [-0.15, -0.1) is 11.3 Å². The molecule has 0 atom stereocenters. The van der Waals surface area contributed by atoms with Gasteiger partial charge in [0.25, 0.3) is 11.7 Å². The third kappa shape index (κ3) is 3.78. The third-order valence-corrected chi connectivity index (χ3v) is 6.77. The molecule has 1 aromatic heterocycles. The highest BCUT2D eigenvalue weighted by Crippen LogP contribution is 2.43. The Morgan fingerprint density at radius 2 is 1.89 bits per heavy atom. The number of halogens is 2. The summed E-state index contributed by atoms with van der Waals surface area (Å²) in [6, 6.07) is 7.34. The van der Waals surface area contributed by atoms with Crippen molar-refractivity contribution in [3.63, 3.8) is 0 Å². The van der Waals surface area contributed by atoms with Crippen LogP contribution in [0.3, 0.4) is 0 Å². The van der Waals surface area contributed by atoms with E-state index < -0.39 is 11.3 Å². The zero-order valence-corrected chi connectivity index (χ0v) is 16.1. The number of hydrogen-bond donors (Lipinski definition) is 1. The molecule has 1 amide bonds. The molecule has 2 aliphatic rings. The maximum absolute atomic E-state index is 12.9. The molecule has 0 radical (unpaired) electrons. The summed E-state index contributed by atoms with van der Waals surface area (Å²) in [5.41, 5.74) is 0.459. The number of thiophene rings is 1. The lowest BCUT2D eigenvalue weighted by molar-refractivity contribution is 0.0899. The molecule has 4 rings (SSSR count). The average molecular weight is 411 g/mol. The van der Waals surface area contributed by atoms with E-state index in [1.165, 1.54) is 11.3 Å². The number of fused-ring (bicyclic) bond motifs is 1. The maximum atomic E-state index is 12.9. The minimum absolute atomic E-state index is 0.301. The lowest BCUT2D eigenvalue weighted by Gasteiger charge is -2.32. The van der Waals surface area contributed by atoms with Gasteiger partial charge in [0, 0.05) is 4.90 Å². The van der Waals surface area contributed by atoms with E-state index in [9.17, 15) is 13.6 Å². The normalized spacial score (nSPS) is 17.9. The van der Waals surface area contributed by atoms with Crippen LogP contribution < -0.4 is 14.8 Å². The molecule has 0 bridgehead atoms. The summed E-state index contributed by atoms with van der Waals surface area (Å²) in [5, 5.41) is 4.82. The van der Waals surface area contributed by atoms with E-state index in [0.717, 1.165) is 31.2 Å². The first-order valence-electron chi connectivity index (χ1n) is 8.82. The topological polar surface area (TPSA) is 47.6 Å². The molecule has 0 spiro atoms. The number of rotatable bonds is 5. The minimum atomic E-state index is -2.55. The van der Waals surface area contributed by atoms with Crippen LogP contribution in [0.4, 0.5) is 8.78 Å². The summed E-state index contributed by atoms with van der Waals surface area (Å²) in [4.78, 5) is 13.6. The van der Waals surface area contributed by atoms with Gasteiger partial charge in [0.15, 0.2) is 11.5 Å². The van der Waals surface area contributed by atoms with Crippen molar-refractivity contribution in [2.45, 2.75) is 41.9 Å². The van der Waals surface area contributed by atoms with Crippen LogP contribution in [0, 0.1) is 0 Å². The fourth-order valence-corrected chi connectivity index (χ4v) is 5.33. The summed E-state index contributed by atoms with van der Waals surface area (Å²) in [6.07, 6.45) is 3.61. The molecular weight excluding hydrogens is 392 g/mol. The van der Waals surface area contributed by atoms with Gasteiger partial charge in [0.2, 0.25) is 0 Å². The molecule has 2 heterocycles. The van der Waals surface area contributed by atoms with Gasteiger partial charge in [-0.25, -0.2) is 0 Å². The first-order chi connectivity index (χ1) is 13.1. The Bertz CT molecular complexity index is 834. The van der Waals surface area contributed by atoms with Gasteiger partial charge in [-0.1, -0.05) is 30.7 Å². The number of nitrogens with one attached hydrogen (secondary N) is 1. The highest BCUT2D eigenvalue weighted by molar-refractivity contribution is 7.99. The fraction of sp³-hybridized carbons (Fsp3) is 0.421. The first kappa shape index (κ1) is 18.6. The Labute approximate surface area is 164 Å². The van der Waals surface area contributed by atoms with Crippen molar-refractivity contribution in [1.29, 1.82) is 0 Å². The number of hydrogen-bond acceptors (Lipinski definition) is 5. The van der Waals surface area contributed by atoms with Crippen LogP contribution in [0.5, 0.6) is 11.5 Å². The molecule has 1 N–H and O–H groups in total. The lowest BCUT2D eigenvalue weighted by Crippen LogP contribution is -2.43. The largest absolute Gasteiger partial charge is 0.486 e. The Kier molecular flexibility index (Phi) is 5.27. The van der Waals surface area contributed by atoms with Crippen LogP contribution in [0.15, 0.2) is 34.5 Å². The minimum Gasteiger partial charge on any atom is -0.486 e. The van der Waals surface area contributed by atoms with Crippen molar-refractivity contribution >= 4 is 29.0 Å². The van der Waals surface area contributed by atoms with Crippen molar-refractivity contribution < 1.29 is 23.0 Å². The van der Waals surface area contributed by atoms with Crippen LogP contribution in [0.2, 0.25) is 0 Å². The van der Waals surface area contributed by atoms with Crippen LogP contribution in [0.1, 0.15) is 40.9 Å². The third-order valence-electron chi connectivity index (χ3n) is 4.96. The molecule has 1 aliphatic heterocycles. The molecule has 1 saturated carbocycles. The predicted molar refractivity (Wildman–Crippen MR) is 101 cm³/mol. The number of thioether (sulfide) groups is 1. The van der Waals surface area contributed by atoms with Gasteiger partial charge >= 0.3 is 0 Å². The Morgan fingerprint density at radius 1 is 1.15 bits per heavy atom. The quantitative estimate of drug-likeness (QED) is 0.701.